The Morgan fingerprint density at radius 3 is 2.62 bits per heavy atom. The van der Waals surface area contributed by atoms with Gasteiger partial charge in [-0.25, -0.2) is 4.31 Å². The van der Waals surface area contributed by atoms with E-state index in [0.717, 1.165) is 5.57 Å². The Hall–Kier alpha value is -1.07. The number of amides is 1. The number of carbonyl (C=O) groups excluding carboxylic acids is 1. The maximum atomic E-state index is 12.0. The summed E-state index contributed by atoms with van der Waals surface area (Å²) in [4.78, 5) is 12.0. The quantitative estimate of drug-likeness (QED) is 0.528. The molecule has 4 nitrogen and oxygen atoms in total. The first-order chi connectivity index (χ1) is 7.41. The summed E-state index contributed by atoms with van der Waals surface area (Å²) >= 11 is 0. The molecule has 3 aliphatic rings. The molecule has 16 heavy (non-hydrogen) atoms. The molecule has 0 aromatic heterocycles. The van der Waals surface area contributed by atoms with Gasteiger partial charge < -0.3 is 0 Å². The van der Waals surface area contributed by atoms with E-state index in [-0.39, 0.29) is 0 Å². The Morgan fingerprint density at radius 2 is 2.00 bits per heavy atom. The predicted octanol–water partition coefficient (Wildman–Crippen LogP) is 1.37. The summed E-state index contributed by atoms with van der Waals surface area (Å²) in [7, 11) is 1.22. The fourth-order valence-corrected chi connectivity index (χ4v) is 3.08. The van der Waals surface area contributed by atoms with E-state index in [4.69, 9.17) is 10.7 Å². The molecule has 0 aromatic rings. The number of hydrogen-bond acceptors (Lipinski definition) is 3. The number of rotatable bonds is 1. The minimum Gasteiger partial charge on any atom is -0.273 e. The van der Waals surface area contributed by atoms with Crippen LogP contribution in [0.25, 0.3) is 0 Å². The third-order valence-electron chi connectivity index (χ3n) is 2.65. The van der Waals surface area contributed by atoms with Gasteiger partial charge in [-0.1, -0.05) is 36.0 Å². The molecule has 0 N–H and O–H groups in total. The molecule has 0 saturated carbocycles. The zero-order valence-electron chi connectivity index (χ0n) is 8.50. The number of carbonyl (C=O) groups is 1. The number of halogens is 1. The lowest BCUT2D eigenvalue weighted by Crippen LogP contribution is -2.46. The van der Waals surface area contributed by atoms with Gasteiger partial charge in [-0.05, 0) is 6.92 Å². The van der Waals surface area contributed by atoms with E-state index in [9.17, 15) is 13.2 Å². The van der Waals surface area contributed by atoms with E-state index in [2.05, 4.69) is 0 Å². The molecule has 0 aromatic carbocycles. The van der Waals surface area contributed by atoms with Gasteiger partial charge in [-0.2, -0.15) is 8.42 Å². The Morgan fingerprint density at radius 1 is 1.31 bits per heavy atom. The molecule has 2 aliphatic heterocycles. The first kappa shape index (κ1) is 11.4. The normalized spacial score (nSPS) is 34.2. The van der Waals surface area contributed by atoms with Gasteiger partial charge in [0.15, 0.2) is 0 Å². The second kappa shape index (κ2) is 3.75. The van der Waals surface area contributed by atoms with Crippen LogP contribution in [-0.2, 0) is 14.0 Å². The largest absolute Gasteiger partial charge is 0.324 e. The summed E-state index contributed by atoms with van der Waals surface area (Å²) in [6, 6.07) is -0.615. The average molecular weight is 260 g/mol. The van der Waals surface area contributed by atoms with E-state index >= 15 is 0 Å². The number of fused-ring (bicyclic) bond motifs is 2. The molecule has 2 bridgehead atoms. The lowest BCUT2D eigenvalue weighted by Gasteiger charge is -2.32. The van der Waals surface area contributed by atoms with Crippen molar-refractivity contribution in [1.82, 2.24) is 4.31 Å². The van der Waals surface area contributed by atoms with Crippen LogP contribution in [-0.4, -0.2) is 24.7 Å². The van der Waals surface area contributed by atoms with Crippen molar-refractivity contribution in [2.75, 3.05) is 0 Å². The number of allylic oxidation sites excluding steroid dienone is 2. The third kappa shape index (κ3) is 1.81. The van der Waals surface area contributed by atoms with Crippen LogP contribution in [0.5, 0.6) is 0 Å². The highest BCUT2D eigenvalue weighted by Gasteiger charge is 2.38. The summed E-state index contributed by atoms with van der Waals surface area (Å²) < 4.78 is 23.4. The molecule has 1 aliphatic carbocycles. The molecule has 0 radical (unpaired) electrons. The Labute approximate surface area is 98.4 Å². The second-order valence-electron chi connectivity index (χ2n) is 3.72. The van der Waals surface area contributed by atoms with Crippen LogP contribution in [0.15, 0.2) is 36.0 Å². The van der Waals surface area contributed by atoms with Gasteiger partial charge in [0.1, 0.15) is 0 Å². The Balaban J connectivity index is 2.56. The smallest absolute Gasteiger partial charge is 0.273 e. The van der Waals surface area contributed by atoms with Crippen molar-refractivity contribution in [3.63, 3.8) is 0 Å². The highest BCUT2D eigenvalue weighted by atomic mass is 35.7. The molecular formula is C10H10ClNO3S. The Bertz CT molecular complexity index is 518. The fourth-order valence-electron chi connectivity index (χ4n) is 1.84. The van der Waals surface area contributed by atoms with Crippen LogP contribution < -0.4 is 0 Å². The standard InChI is InChI=1S/C10H10ClNO3S/c1-7-3-2-4-8-5-6-9(7)10(13)12(8)16(11,14)15/h2-6,8-9H,1H3/b4-2-,7-3-. The van der Waals surface area contributed by atoms with Crippen LogP contribution in [0, 0.1) is 5.92 Å². The van der Waals surface area contributed by atoms with Crippen LogP contribution >= 0.6 is 10.7 Å². The summed E-state index contributed by atoms with van der Waals surface area (Å²) in [6.45, 7) is 1.78. The maximum Gasteiger partial charge on any atom is 0.324 e. The van der Waals surface area contributed by atoms with Crippen molar-refractivity contribution in [2.24, 2.45) is 5.92 Å². The zero-order chi connectivity index (χ0) is 11.9. The predicted molar refractivity (Wildman–Crippen MR) is 60.9 cm³/mol. The number of nitrogens with zero attached hydrogens (tertiary/aromatic N) is 1. The molecule has 2 atom stereocenters. The first-order valence-corrected chi connectivity index (χ1v) is 6.99. The second-order valence-corrected chi connectivity index (χ2v) is 6.11. The van der Waals surface area contributed by atoms with Crippen LogP contribution in [0.4, 0.5) is 0 Å². The minimum absolute atomic E-state index is 0.499. The molecule has 0 fully saturated rings. The van der Waals surface area contributed by atoms with Crippen molar-refractivity contribution in [1.29, 1.82) is 0 Å². The van der Waals surface area contributed by atoms with Gasteiger partial charge in [-0.15, -0.1) is 0 Å². The SMILES string of the molecule is C/C1=C/C=C\C2C=CC1C(=O)N2S(=O)(=O)Cl. The van der Waals surface area contributed by atoms with Crippen molar-refractivity contribution in [3.05, 3.63) is 36.0 Å². The molecule has 2 heterocycles. The van der Waals surface area contributed by atoms with E-state index in [1.165, 1.54) is 0 Å². The first-order valence-electron chi connectivity index (χ1n) is 4.72. The van der Waals surface area contributed by atoms with Gasteiger partial charge in [0.25, 0.3) is 0 Å². The summed E-state index contributed by atoms with van der Waals surface area (Å²) in [5, 5.41) is 0. The van der Waals surface area contributed by atoms with Gasteiger partial charge in [0.05, 0.1) is 12.0 Å². The molecule has 0 spiro atoms. The van der Waals surface area contributed by atoms with E-state index in [1.54, 1.807) is 37.3 Å². The topological polar surface area (TPSA) is 54.5 Å². The van der Waals surface area contributed by atoms with Crippen molar-refractivity contribution < 1.29 is 13.2 Å². The van der Waals surface area contributed by atoms with Gasteiger partial charge in [0.2, 0.25) is 5.91 Å². The zero-order valence-corrected chi connectivity index (χ0v) is 10.1. The highest BCUT2D eigenvalue weighted by molar-refractivity contribution is 8.12. The van der Waals surface area contributed by atoms with Crippen LogP contribution in [0.3, 0.4) is 0 Å². The van der Waals surface area contributed by atoms with Gasteiger partial charge in [-0.3, -0.25) is 4.79 Å². The van der Waals surface area contributed by atoms with Gasteiger partial charge in [0, 0.05) is 10.7 Å². The number of hydrogen-bond donors (Lipinski definition) is 0. The maximum absolute atomic E-state index is 12.0. The van der Waals surface area contributed by atoms with E-state index in [1.807, 2.05) is 0 Å². The third-order valence-corrected chi connectivity index (χ3v) is 3.99. The summed E-state index contributed by atoms with van der Waals surface area (Å²) in [5.74, 6) is -1.03. The van der Waals surface area contributed by atoms with Crippen molar-refractivity contribution >= 4 is 25.8 Å². The summed E-state index contributed by atoms with van der Waals surface area (Å²) in [6.07, 6.45) is 8.53. The lowest BCUT2D eigenvalue weighted by atomic mass is 9.92. The molecule has 1 amide bonds. The van der Waals surface area contributed by atoms with Crippen LogP contribution in [0.1, 0.15) is 6.92 Å². The highest BCUT2D eigenvalue weighted by Crippen LogP contribution is 2.29. The lowest BCUT2D eigenvalue weighted by molar-refractivity contribution is -0.129. The molecule has 0 saturated heterocycles. The minimum atomic E-state index is -4.04. The van der Waals surface area contributed by atoms with Crippen molar-refractivity contribution in [3.8, 4) is 0 Å². The average Bonchev–Trinajstić information content (AvgIpc) is 2.12. The fraction of sp³-hybridized carbons (Fsp3) is 0.300. The van der Waals surface area contributed by atoms with Crippen LogP contribution in [0.2, 0.25) is 0 Å². The van der Waals surface area contributed by atoms with Gasteiger partial charge >= 0.3 is 9.24 Å². The Kier molecular flexibility index (Phi) is 2.67. The molecule has 86 valence electrons. The molecule has 2 unspecified atom stereocenters. The van der Waals surface area contributed by atoms with E-state index < -0.39 is 27.1 Å². The summed E-state index contributed by atoms with van der Waals surface area (Å²) in [5.41, 5.74) is 0.793. The molecule has 3 rings (SSSR count). The molecular weight excluding hydrogens is 250 g/mol. The molecule has 6 heteroatoms. The van der Waals surface area contributed by atoms with Crippen molar-refractivity contribution in [2.45, 2.75) is 13.0 Å². The van der Waals surface area contributed by atoms with E-state index in [0.29, 0.717) is 4.31 Å². The monoisotopic (exact) mass is 259 g/mol.